The molecule has 4 nitrogen and oxygen atoms in total. The van der Waals surface area contributed by atoms with E-state index in [1.807, 2.05) is 12.1 Å². The summed E-state index contributed by atoms with van der Waals surface area (Å²) in [4.78, 5) is 11.4. The number of halogens is 2. The van der Waals surface area contributed by atoms with Gasteiger partial charge in [0.05, 0.1) is 13.2 Å². The van der Waals surface area contributed by atoms with Crippen LogP contribution in [0.2, 0.25) is 0 Å². The Bertz CT molecular complexity index is 1530. The molecule has 0 bridgehead atoms. The number of hydrogen-bond acceptors (Lipinski definition) is 4. The van der Waals surface area contributed by atoms with Crippen LogP contribution in [0.3, 0.4) is 0 Å². The first-order valence-electron chi connectivity index (χ1n) is 14.8. The number of hydrogen-bond donors (Lipinski definition) is 1. The molecule has 0 aliphatic heterocycles. The minimum atomic E-state index is -0.452. The average molecular weight is 585 g/mol. The number of esters is 1. The van der Waals surface area contributed by atoms with Gasteiger partial charge in [-0.25, -0.2) is 13.6 Å². The van der Waals surface area contributed by atoms with E-state index in [9.17, 15) is 4.79 Å². The summed E-state index contributed by atoms with van der Waals surface area (Å²) in [6, 6.07) is 22.9. The van der Waals surface area contributed by atoms with Crippen LogP contribution in [0, 0.1) is 11.6 Å². The third-order valence-corrected chi connectivity index (χ3v) is 7.37. The van der Waals surface area contributed by atoms with E-state index in [1.165, 1.54) is 23.3 Å². The predicted molar refractivity (Wildman–Crippen MR) is 168 cm³/mol. The summed E-state index contributed by atoms with van der Waals surface area (Å²) in [5, 5.41) is 8.90. The number of benzene rings is 4. The fraction of sp³-hybridized carbons (Fsp3) is 0.270. The van der Waals surface area contributed by atoms with Crippen LogP contribution >= 0.6 is 0 Å². The van der Waals surface area contributed by atoms with Crippen molar-refractivity contribution in [3.8, 4) is 39.1 Å². The fourth-order valence-corrected chi connectivity index (χ4v) is 5.08. The maximum atomic E-state index is 15.5. The van der Waals surface area contributed by atoms with Gasteiger partial charge >= 0.3 is 5.97 Å². The van der Waals surface area contributed by atoms with Gasteiger partial charge in [0.25, 0.3) is 0 Å². The van der Waals surface area contributed by atoms with Crippen LogP contribution in [-0.4, -0.2) is 30.9 Å². The first kappa shape index (κ1) is 31.6. The van der Waals surface area contributed by atoms with Gasteiger partial charge in [0.15, 0.2) is 0 Å². The van der Waals surface area contributed by atoms with Crippen molar-refractivity contribution >= 4 is 5.97 Å². The SMILES string of the molecule is C=CC(=O)OCCCc1cc(-c2ccc(-c3ccc(-c4ccc(OCCO)cc4)c(F)c3)c(F)c2)ccc1CCCCC. The summed E-state index contributed by atoms with van der Waals surface area (Å²) < 4.78 is 41.1. The molecule has 224 valence electrons. The molecule has 6 heteroatoms. The van der Waals surface area contributed by atoms with Crippen molar-refractivity contribution in [2.75, 3.05) is 19.8 Å². The number of unbranched alkanes of at least 4 members (excludes halogenated alkanes) is 2. The topological polar surface area (TPSA) is 55.8 Å². The molecule has 0 fully saturated rings. The Morgan fingerprint density at radius 2 is 1.35 bits per heavy atom. The number of carbonyl (C=O) groups is 1. The number of rotatable bonds is 15. The molecule has 0 aromatic heterocycles. The molecule has 43 heavy (non-hydrogen) atoms. The molecular weight excluding hydrogens is 546 g/mol. The minimum Gasteiger partial charge on any atom is -0.491 e. The Kier molecular flexibility index (Phi) is 11.6. The normalized spacial score (nSPS) is 10.9. The summed E-state index contributed by atoms with van der Waals surface area (Å²) in [7, 11) is 0. The van der Waals surface area contributed by atoms with Gasteiger partial charge in [0, 0.05) is 17.2 Å². The first-order valence-corrected chi connectivity index (χ1v) is 14.8. The molecule has 4 rings (SSSR count). The number of aliphatic hydroxyl groups excluding tert-OH is 1. The maximum Gasteiger partial charge on any atom is 0.330 e. The predicted octanol–water partition coefficient (Wildman–Crippen LogP) is 8.73. The van der Waals surface area contributed by atoms with Crippen molar-refractivity contribution in [3.05, 3.63) is 114 Å². The van der Waals surface area contributed by atoms with Gasteiger partial charge in [0.1, 0.15) is 24.0 Å². The molecule has 0 heterocycles. The molecule has 0 atom stereocenters. The summed E-state index contributed by atoms with van der Waals surface area (Å²) in [5.74, 6) is -0.725. The van der Waals surface area contributed by atoms with Gasteiger partial charge in [-0.3, -0.25) is 0 Å². The highest BCUT2D eigenvalue weighted by Crippen LogP contribution is 2.33. The van der Waals surface area contributed by atoms with Crippen molar-refractivity contribution in [2.45, 2.75) is 45.4 Å². The van der Waals surface area contributed by atoms with Gasteiger partial charge < -0.3 is 14.6 Å². The summed E-state index contributed by atoms with van der Waals surface area (Å²) in [6.45, 7) is 6.02. The standard InChI is InChI=1S/C37H38F2O4/c1-3-5-6-8-26-10-11-29(23-28(26)9-7-21-43-37(41)4-2)30-14-18-34(35(38)24-30)31-15-19-33(36(39)25-31)27-12-16-32(17-13-27)42-22-20-40/h4,10-19,23-25,40H,2-3,5-9,20-22H2,1H3. The Balaban J connectivity index is 1.53. The Morgan fingerprint density at radius 1 is 0.744 bits per heavy atom. The highest BCUT2D eigenvalue weighted by molar-refractivity contribution is 5.81. The van der Waals surface area contributed by atoms with Crippen LogP contribution in [0.5, 0.6) is 5.75 Å². The van der Waals surface area contributed by atoms with Crippen LogP contribution in [-0.2, 0) is 22.4 Å². The number of carbonyl (C=O) groups excluding carboxylic acids is 1. The van der Waals surface area contributed by atoms with E-state index in [4.69, 9.17) is 14.6 Å². The Labute approximate surface area is 252 Å². The molecule has 4 aromatic carbocycles. The van der Waals surface area contributed by atoms with Crippen molar-refractivity contribution in [3.63, 3.8) is 0 Å². The van der Waals surface area contributed by atoms with E-state index in [1.54, 1.807) is 42.5 Å². The number of ether oxygens (including phenoxy) is 2. The first-order chi connectivity index (χ1) is 20.9. The van der Waals surface area contributed by atoms with Crippen molar-refractivity contribution in [1.29, 1.82) is 0 Å². The second-order valence-corrected chi connectivity index (χ2v) is 10.4. The van der Waals surface area contributed by atoms with E-state index >= 15 is 8.78 Å². The van der Waals surface area contributed by atoms with Gasteiger partial charge in [-0.2, -0.15) is 0 Å². The van der Waals surface area contributed by atoms with Crippen LogP contribution < -0.4 is 4.74 Å². The second kappa shape index (κ2) is 15.8. The van der Waals surface area contributed by atoms with Gasteiger partial charge in [-0.1, -0.05) is 80.9 Å². The highest BCUT2D eigenvalue weighted by Gasteiger charge is 2.13. The molecule has 0 aliphatic carbocycles. The molecule has 0 aliphatic rings. The van der Waals surface area contributed by atoms with Gasteiger partial charge in [0.2, 0.25) is 0 Å². The van der Waals surface area contributed by atoms with Gasteiger partial charge in [-0.15, -0.1) is 0 Å². The quantitative estimate of drug-likeness (QED) is 0.0863. The van der Waals surface area contributed by atoms with Crippen LogP contribution in [0.25, 0.3) is 33.4 Å². The van der Waals surface area contributed by atoms with E-state index in [0.29, 0.717) is 41.0 Å². The van der Waals surface area contributed by atoms with Gasteiger partial charge in [-0.05, 0) is 83.3 Å². The lowest BCUT2D eigenvalue weighted by atomic mass is 9.92. The Morgan fingerprint density at radius 3 is 2.02 bits per heavy atom. The number of aliphatic hydroxyl groups is 1. The third-order valence-electron chi connectivity index (χ3n) is 7.37. The number of aryl methyl sites for hydroxylation is 2. The zero-order valence-corrected chi connectivity index (χ0v) is 24.6. The Hall–Kier alpha value is -4.29. The monoisotopic (exact) mass is 584 g/mol. The minimum absolute atomic E-state index is 0.0849. The van der Waals surface area contributed by atoms with E-state index < -0.39 is 17.6 Å². The van der Waals surface area contributed by atoms with Crippen LogP contribution in [0.4, 0.5) is 8.78 Å². The zero-order chi connectivity index (χ0) is 30.6. The second-order valence-electron chi connectivity index (χ2n) is 10.4. The average Bonchev–Trinajstić information content (AvgIpc) is 3.02. The lowest BCUT2D eigenvalue weighted by Crippen LogP contribution is -2.04. The van der Waals surface area contributed by atoms with E-state index in [0.717, 1.165) is 49.3 Å². The summed E-state index contributed by atoms with van der Waals surface area (Å²) in [5.41, 5.74) is 5.91. The van der Waals surface area contributed by atoms with Crippen molar-refractivity contribution in [2.24, 2.45) is 0 Å². The molecule has 0 saturated heterocycles. The summed E-state index contributed by atoms with van der Waals surface area (Å²) in [6.07, 6.45) is 6.93. The van der Waals surface area contributed by atoms with Crippen LogP contribution in [0.1, 0.15) is 43.7 Å². The third kappa shape index (κ3) is 8.62. The molecule has 0 spiro atoms. The fourth-order valence-electron chi connectivity index (χ4n) is 5.08. The molecule has 0 saturated carbocycles. The van der Waals surface area contributed by atoms with Crippen molar-refractivity contribution < 1.29 is 28.2 Å². The van der Waals surface area contributed by atoms with Crippen molar-refractivity contribution in [1.82, 2.24) is 0 Å². The molecule has 0 amide bonds. The lowest BCUT2D eigenvalue weighted by molar-refractivity contribution is -0.137. The molecule has 0 radical (unpaired) electrons. The lowest BCUT2D eigenvalue weighted by Gasteiger charge is -2.14. The zero-order valence-electron chi connectivity index (χ0n) is 24.6. The maximum absolute atomic E-state index is 15.5. The smallest absolute Gasteiger partial charge is 0.330 e. The molecular formula is C37H38F2O4. The molecule has 4 aromatic rings. The van der Waals surface area contributed by atoms with Crippen LogP contribution in [0.15, 0.2) is 91.5 Å². The largest absolute Gasteiger partial charge is 0.491 e. The highest BCUT2D eigenvalue weighted by atomic mass is 19.1. The summed E-state index contributed by atoms with van der Waals surface area (Å²) >= 11 is 0. The van der Waals surface area contributed by atoms with E-state index in [-0.39, 0.29) is 13.2 Å². The molecule has 0 unspecified atom stereocenters. The molecule has 1 N–H and O–H groups in total. The van der Waals surface area contributed by atoms with E-state index in [2.05, 4.69) is 25.6 Å².